The van der Waals surface area contributed by atoms with Crippen molar-refractivity contribution >= 4 is 27.3 Å². The quantitative estimate of drug-likeness (QED) is 0.630. The van der Waals surface area contributed by atoms with Gasteiger partial charge in [-0.3, -0.25) is 4.79 Å². The average Bonchev–Trinajstić information content (AvgIpc) is 3.27. The van der Waals surface area contributed by atoms with Gasteiger partial charge in [-0.15, -0.1) is 11.3 Å². The fourth-order valence-electron chi connectivity index (χ4n) is 3.20. The van der Waals surface area contributed by atoms with Gasteiger partial charge in [0.2, 0.25) is 5.91 Å². The number of hydrogen-bond acceptors (Lipinski definition) is 5. The van der Waals surface area contributed by atoms with Crippen molar-refractivity contribution in [3.63, 3.8) is 0 Å². The number of hydrogen-bond donors (Lipinski definition) is 1. The second kappa shape index (κ2) is 10.0. The summed E-state index contributed by atoms with van der Waals surface area (Å²) in [6, 6.07) is 13.0. The Morgan fingerprint density at radius 1 is 1.18 bits per heavy atom. The van der Waals surface area contributed by atoms with Crippen LogP contribution in [0.4, 0.5) is 0 Å². The molecule has 1 saturated heterocycles. The molecule has 1 amide bonds. The maximum Gasteiger partial charge on any atom is 0.252 e. The Kier molecular flexibility index (Phi) is 7.47. The smallest absolute Gasteiger partial charge is 0.252 e. The highest BCUT2D eigenvalue weighted by Gasteiger charge is 2.33. The van der Waals surface area contributed by atoms with Crippen LogP contribution in [0, 0.1) is 5.92 Å². The zero-order chi connectivity index (χ0) is 19.8. The lowest BCUT2D eigenvalue weighted by Gasteiger charge is -2.30. The number of piperidine rings is 1. The number of unbranched alkanes of at least 4 members (excludes halogenated alkanes) is 1. The summed E-state index contributed by atoms with van der Waals surface area (Å²) in [5.41, 5.74) is 0. The van der Waals surface area contributed by atoms with Crippen LogP contribution in [0.15, 0.2) is 52.1 Å². The van der Waals surface area contributed by atoms with Gasteiger partial charge in [0.05, 0.1) is 12.5 Å². The molecule has 6 nitrogen and oxygen atoms in total. The summed E-state index contributed by atoms with van der Waals surface area (Å²) >= 11 is 1.21. The lowest BCUT2D eigenvalue weighted by Crippen LogP contribution is -2.45. The number of nitrogens with one attached hydrogen (secondary N) is 1. The average molecular weight is 423 g/mol. The summed E-state index contributed by atoms with van der Waals surface area (Å²) in [7, 11) is -3.49. The maximum absolute atomic E-state index is 12.7. The van der Waals surface area contributed by atoms with Crippen molar-refractivity contribution in [2.45, 2.75) is 29.9 Å². The van der Waals surface area contributed by atoms with Crippen LogP contribution < -0.4 is 10.1 Å². The Labute approximate surface area is 170 Å². The Bertz CT molecular complexity index is 838. The van der Waals surface area contributed by atoms with E-state index in [0.29, 0.717) is 30.3 Å². The summed E-state index contributed by atoms with van der Waals surface area (Å²) in [6.45, 7) is 1.91. The standard InChI is InChI=1S/C20H26N2O4S2/c23-20(21-12-4-5-14-26-18-9-2-1-3-10-18)17-8-6-13-22(16-17)28(24,25)19-11-7-15-27-19/h1-3,7,9-11,15,17H,4-6,8,12-14,16H2,(H,21,23). The number of para-hydroxylation sites is 1. The first-order chi connectivity index (χ1) is 13.6. The molecule has 1 aromatic heterocycles. The van der Waals surface area contributed by atoms with E-state index in [1.807, 2.05) is 30.3 Å². The van der Waals surface area contributed by atoms with Crippen LogP contribution in [-0.2, 0) is 14.8 Å². The number of thiophene rings is 1. The van der Waals surface area contributed by atoms with Gasteiger partial charge >= 0.3 is 0 Å². The molecule has 0 aliphatic carbocycles. The van der Waals surface area contributed by atoms with E-state index in [1.165, 1.54) is 15.6 Å². The van der Waals surface area contributed by atoms with Gasteiger partial charge in [0.1, 0.15) is 9.96 Å². The minimum absolute atomic E-state index is 0.0601. The molecule has 0 radical (unpaired) electrons. The van der Waals surface area contributed by atoms with Crippen LogP contribution in [0.1, 0.15) is 25.7 Å². The molecule has 8 heteroatoms. The Hall–Kier alpha value is -1.90. The number of nitrogens with zero attached hydrogens (tertiary/aromatic N) is 1. The highest BCUT2D eigenvalue weighted by molar-refractivity contribution is 7.91. The van der Waals surface area contributed by atoms with Crippen LogP contribution in [0.3, 0.4) is 0 Å². The Morgan fingerprint density at radius 2 is 2.00 bits per heavy atom. The molecule has 1 aliphatic rings. The van der Waals surface area contributed by atoms with Crippen molar-refractivity contribution in [1.29, 1.82) is 0 Å². The van der Waals surface area contributed by atoms with Crippen LogP contribution in [0.5, 0.6) is 5.75 Å². The molecule has 0 bridgehead atoms. The van der Waals surface area contributed by atoms with Gasteiger partial charge in [-0.1, -0.05) is 24.3 Å². The minimum atomic E-state index is -3.49. The lowest BCUT2D eigenvalue weighted by molar-refractivity contribution is -0.126. The van der Waals surface area contributed by atoms with E-state index in [0.717, 1.165) is 25.0 Å². The predicted octanol–water partition coefficient (Wildman–Crippen LogP) is 3.12. The largest absolute Gasteiger partial charge is 0.494 e. The van der Waals surface area contributed by atoms with Crippen molar-refractivity contribution in [1.82, 2.24) is 9.62 Å². The molecule has 1 unspecified atom stereocenters. The summed E-state index contributed by atoms with van der Waals surface area (Å²) < 4.78 is 32.7. The minimum Gasteiger partial charge on any atom is -0.494 e. The van der Waals surface area contributed by atoms with Crippen LogP contribution in [-0.4, -0.2) is 44.9 Å². The molecule has 1 aliphatic heterocycles. The third-order valence-corrected chi connectivity index (χ3v) is 7.96. The molecule has 1 fully saturated rings. The SMILES string of the molecule is O=C(NCCCCOc1ccccc1)C1CCCN(S(=O)(=O)c2cccs2)C1. The Morgan fingerprint density at radius 3 is 2.75 bits per heavy atom. The first-order valence-electron chi connectivity index (χ1n) is 9.56. The number of sulfonamides is 1. The maximum atomic E-state index is 12.7. The van der Waals surface area contributed by atoms with E-state index in [9.17, 15) is 13.2 Å². The van der Waals surface area contributed by atoms with Gasteiger partial charge in [-0.2, -0.15) is 4.31 Å². The molecule has 1 atom stereocenters. The molecule has 3 rings (SSSR count). The summed E-state index contributed by atoms with van der Waals surface area (Å²) in [6.07, 6.45) is 3.09. The summed E-state index contributed by atoms with van der Waals surface area (Å²) in [5, 5.41) is 4.70. The van der Waals surface area contributed by atoms with Gasteiger partial charge < -0.3 is 10.1 Å². The third kappa shape index (κ3) is 5.56. The van der Waals surface area contributed by atoms with Crippen molar-refractivity contribution in [2.24, 2.45) is 5.92 Å². The van der Waals surface area contributed by atoms with Gasteiger partial charge in [0, 0.05) is 19.6 Å². The molecule has 0 saturated carbocycles. The van der Waals surface area contributed by atoms with Crippen molar-refractivity contribution < 1.29 is 17.9 Å². The summed E-state index contributed by atoms with van der Waals surface area (Å²) in [4.78, 5) is 12.5. The third-order valence-electron chi connectivity index (χ3n) is 4.73. The number of rotatable bonds is 9. The van der Waals surface area contributed by atoms with Gasteiger partial charge in [-0.05, 0) is 49.3 Å². The normalized spacial score (nSPS) is 17.9. The first kappa shape index (κ1) is 20.8. The van der Waals surface area contributed by atoms with Gasteiger partial charge in [-0.25, -0.2) is 8.42 Å². The monoisotopic (exact) mass is 422 g/mol. The molecule has 28 heavy (non-hydrogen) atoms. The van der Waals surface area contributed by atoms with E-state index in [4.69, 9.17) is 4.74 Å². The second-order valence-corrected chi connectivity index (χ2v) is 9.91. The van der Waals surface area contributed by atoms with E-state index in [2.05, 4.69) is 5.32 Å². The molecule has 152 valence electrons. The Balaban J connectivity index is 1.38. The fraction of sp³-hybridized carbons (Fsp3) is 0.450. The van der Waals surface area contributed by atoms with Gasteiger partial charge in [0.25, 0.3) is 10.0 Å². The second-order valence-electron chi connectivity index (χ2n) is 6.79. The number of carbonyl (C=O) groups is 1. The molecular formula is C20H26N2O4S2. The topological polar surface area (TPSA) is 75.7 Å². The van der Waals surface area contributed by atoms with Crippen LogP contribution >= 0.6 is 11.3 Å². The molecule has 2 heterocycles. The van der Waals surface area contributed by atoms with E-state index < -0.39 is 10.0 Å². The summed E-state index contributed by atoms with van der Waals surface area (Å²) in [5.74, 6) is 0.500. The molecule has 2 aromatic rings. The molecule has 0 spiro atoms. The first-order valence-corrected chi connectivity index (χ1v) is 11.9. The fourth-order valence-corrected chi connectivity index (χ4v) is 5.87. The van der Waals surface area contributed by atoms with Crippen molar-refractivity contribution in [3.8, 4) is 5.75 Å². The molecule has 1 N–H and O–H groups in total. The van der Waals surface area contributed by atoms with E-state index >= 15 is 0 Å². The zero-order valence-electron chi connectivity index (χ0n) is 15.7. The highest BCUT2D eigenvalue weighted by atomic mass is 32.2. The van der Waals surface area contributed by atoms with E-state index in [1.54, 1.807) is 17.5 Å². The molecular weight excluding hydrogens is 396 g/mol. The van der Waals surface area contributed by atoms with E-state index in [-0.39, 0.29) is 18.4 Å². The number of ether oxygens (including phenoxy) is 1. The molecule has 1 aromatic carbocycles. The number of amides is 1. The van der Waals surface area contributed by atoms with Crippen LogP contribution in [0.2, 0.25) is 0 Å². The lowest BCUT2D eigenvalue weighted by atomic mass is 9.99. The number of benzene rings is 1. The van der Waals surface area contributed by atoms with Crippen molar-refractivity contribution in [3.05, 3.63) is 47.8 Å². The van der Waals surface area contributed by atoms with Gasteiger partial charge in [0.15, 0.2) is 0 Å². The number of carbonyl (C=O) groups excluding carboxylic acids is 1. The highest BCUT2D eigenvalue weighted by Crippen LogP contribution is 2.26. The zero-order valence-corrected chi connectivity index (χ0v) is 17.4. The predicted molar refractivity (Wildman–Crippen MR) is 110 cm³/mol. The van der Waals surface area contributed by atoms with Crippen molar-refractivity contribution in [2.75, 3.05) is 26.2 Å². The van der Waals surface area contributed by atoms with Crippen LogP contribution in [0.25, 0.3) is 0 Å².